The lowest BCUT2D eigenvalue weighted by Crippen LogP contribution is -2.32. The molecule has 7 heteroatoms. The minimum Gasteiger partial charge on any atom is -0.756 e. The van der Waals surface area contributed by atoms with E-state index in [4.69, 9.17) is 4.89 Å². The summed E-state index contributed by atoms with van der Waals surface area (Å²) >= 11 is 0. The Morgan fingerprint density at radius 2 is 2.21 bits per heavy atom. The predicted octanol–water partition coefficient (Wildman–Crippen LogP) is -0.0285. The summed E-state index contributed by atoms with van der Waals surface area (Å²) in [4.78, 5) is 29.4. The first-order valence-corrected chi connectivity index (χ1v) is 5.19. The Labute approximate surface area is 81.8 Å². The highest BCUT2D eigenvalue weighted by Crippen LogP contribution is 2.36. The van der Waals surface area contributed by atoms with E-state index in [9.17, 15) is 14.3 Å². The molecule has 6 nitrogen and oxygen atoms in total. The first-order valence-electron chi connectivity index (χ1n) is 3.70. The van der Waals surface area contributed by atoms with Gasteiger partial charge in [0.2, 0.25) is 0 Å². The van der Waals surface area contributed by atoms with Crippen LogP contribution in [-0.2, 0) is 18.6 Å². The Balaban J connectivity index is 4.14. The molecule has 1 unspecified atom stereocenters. The maximum Gasteiger partial charge on any atom is 0.330 e. The van der Waals surface area contributed by atoms with Gasteiger partial charge in [-0.1, -0.05) is 6.58 Å². The fourth-order valence-electron chi connectivity index (χ4n) is 0.643. The van der Waals surface area contributed by atoms with Crippen molar-refractivity contribution < 1.29 is 28.4 Å². The quantitative estimate of drug-likeness (QED) is 0.399. The second-order valence-corrected chi connectivity index (χ2v) is 4.25. The first kappa shape index (κ1) is 13.3. The lowest BCUT2D eigenvalue weighted by Gasteiger charge is -2.29. The molecule has 0 aromatic carbocycles. The van der Waals surface area contributed by atoms with Crippen molar-refractivity contribution in [1.82, 2.24) is 0 Å². The summed E-state index contributed by atoms with van der Waals surface area (Å²) in [5.41, 5.74) is -1.30. The predicted molar refractivity (Wildman–Crippen MR) is 46.1 cm³/mol. The first-order chi connectivity index (χ1) is 6.16. The molecule has 0 amide bonds. The number of hydrogen-bond acceptors (Lipinski definition) is 5. The zero-order valence-electron chi connectivity index (χ0n) is 7.93. The van der Waals surface area contributed by atoms with E-state index in [0.717, 1.165) is 6.08 Å². The maximum absolute atomic E-state index is 10.6. The van der Waals surface area contributed by atoms with E-state index in [0.29, 0.717) is 0 Å². The second kappa shape index (κ2) is 4.70. The standard InChI is InChI=1S/C7H13O6P/c1-4-6(8)12-5-7(2,3)13-14(9,10)11/h4H,1,5H2,2-3H3,(H2,9,10,11)/p-1. The van der Waals surface area contributed by atoms with E-state index in [1.807, 2.05) is 0 Å². The van der Waals surface area contributed by atoms with Crippen molar-refractivity contribution in [2.75, 3.05) is 6.61 Å². The maximum atomic E-state index is 10.6. The fraction of sp³-hybridized carbons (Fsp3) is 0.571. The van der Waals surface area contributed by atoms with Crippen LogP contribution in [0.15, 0.2) is 12.7 Å². The van der Waals surface area contributed by atoms with Gasteiger partial charge in [0.1, 0.15) is 12.2 Å². The van der Waals surface area contributed by atoms with Gasteiger partial charge in [-0.2, -0.15) is 0 Å². The van der Waals surface area contributed by atoms with E-state index in [1.165, 1.54) is 13.8 Å². The molecule has 0 fully saturated rings. The number of carbonyl (C=O) groups excluding carboxylic acids is 1. The van der Waals surface area contributed by atoms with Crippen molar-refractivity contribution >= 4 is 13.8 Å². The molecule has 0 aliphatic heterocycles. The van der Waals surface area contributed by atoms with E-state index in [1.54, 1.807) is 0 Å². The fourth-order valence-corrected chi connectivity index (χ4v) is 1.32. The number of carbonyl (C=O) groups is 1. The summed E-state index contributed by atoms with van der Waals surface area (Å²) in [7, 11) is -4.82. The van der Waals surface area contributed by atoms with Crippen molar-refractivity contribution in [2.24, 2.45) is 0 Å². The summed E-state index contributed by atoms with van der Waals surface area (Å²) in [6.07, 6.45) is 0.936. The molecule has 0 aromatic heterocycles. The third kappa shape index (κ3) is 6.80. The SMILES string of the molecule is C=CC(=O)OCC(C)(C)OP(=O)([O-])O. The van der Waals surface area contributed by atoms with Gasteiger partial charge in [0, 0.05) is 6.08 Å². The number of phosphoric ester groups is 1. The van der Waals surface area contributed by atoms with Gasteiger partial charge in [-0.15, -0.1) is 0 Å². The van der Waals surface area contributed by atoms with Crippen molar-refractivity contribution in [3.63, 3.8) is 0 Å². The van der Waals surface area contributed by atoms with Crippen LogP contribution < -0.4 is 4.89 Å². The average molecular weight is 223 g/mol. The third-order valence-electron chi connectivity index (χ3n) is 1.09. The van der Waals surface area contributed by atoms with Crippen molar-refractivity contribution in [3.8, 4) is 0 Å². The summed E-state index contributed by atoms with van der Waals surface area (Å²) < 4.78 is 19.2. The van der Waals surface area contributed by atoms with Crippen LogP contribution in [-0.4, -0.2) is 23.1 Å². The van der Waals surface area contributed by atoms with E-state index >= 15 is 0 Å². The van der Waals surface area contributed by atoms with Gasteiger partial charge in [-0.3, -0.25) is 4.57 Å². The molecule has 0 aliphatic rings. The Morgan fingerprint density at radius 3 is 2.57 bits per heavy atom. The van der Waals surface area contributed by atoms with Crippen molar-refractivity contribution in [2.45, 2.75) is 19.4 Å². The summed E-state index contributed by atoms with van der Waals surface area (Å²) in [6.45, 7) is 5.56. The number of esters is 1. The summed E-state index contributed by atoms with van der Waals surface area (Å²) in [6, 6.07) is 0. The van der Waals surface area contributed by atoms with E-state index in [2.05, 4.69) is 15.8 Å². The van der Waals surface area contributed by atoms with Gasteiger partial charge >= 0.3 is 5.97 Å². The normalized spacial score (nSPS) is 15.7. The van der Waals surface area contributed by atoms with Gasteiger partial charge in [0.25, 0.3) is 7.82 Å². The molecule has 0 heterocycles. The van der Waals surface area contributed by atoms with E-state index in [-0.39, 0.29) is 6.61 Å². The van der Waals surface area contributed by atoms with Crippen LogP contribution in [0.5, 0.6) is 0 Å². The van der Waals surface area contributed by atoms with Gasteiger partial charge in [0.15, 0.2) is 0 Å². The van der Waals surface area contributed by atoms with Gasteiger partial charge in [-0.25, -0.2) is 4.79 Å². The molecule has 0 spiro atoms. The Kier molecular flexibility index (Phi) is 4.48. The minimum atomic E-state index is -4.82. The second-order valence-electron chi connectivity index (χ2n) is 3.13. The zero-order valence-corrected chi connectivity index (χ0v) is 8.82. The molecule has 14 heavy (non-hydrogen) atoms. The van der Waals surface area contributed by atoms with Gasteiger partial charge < -0.3 is 19.0 Å². The Hall–Kier alpha value is -0.680. The molecule has 1 atom stereocenters. The molecule has 0 saturated carbocycles. The van der Waals surface area contributed by atoms with Crippen LogP contribution in [0.3, 0.4) is 0 Å². The molecule has 1 N–H and O–H groups in total. The summed E-state index contributed by atoms with van der Waals surface area (Å²) in [5.74, 6) is -0.694. The highest BCUT2D eigenvalue weighted by Gasteiger charge is 2.25. The zero-order chi connectivity index (χ0) is 11.4. The summed E-state index contributed by atoms with van der Waals surface area (Å²) in [5, 5.41) is 0. The molecule has 0 aliphatic carbocycles. The molecule has 0 radical (unpaired) electrons. The molecular weight excluding hydrogens is 211 g/mol. The third-order valence-corrected chi connectivity index (χ3v) is 1.82. The number of rotatable bonds is 5. The lowest BCUT2D eigenvalue weighted by molar-refractivity contribution is -0.231. The van der Waals surface area contributed by atoms with Crippen LogP contribution in [0.1, 0.15) is 13.8 Å². The number of phosphoric acid groups is 1. The molecule has 0 rings (SSSR count). The number of hydrogen-bond donors (Lipinski definition) is 1. The average Bonchev–Trinajstić information content (AvgIpc) is 1.96. The highest BCUT2D eigenvalue weighted by molar-refractivity contribution is 7.44. The lowest BCUT2D eigenvalue weighted by atomic mass is 10.2. The largest absolute Gasteiger partial charge is 0.756 e. The molecule has 0 bridgehead atoms. The van der Waals surface area contributed by atoms with Crippen LogP contribution >= 0.6 is 7.82 Å². The molecular formula is C7H12O6P-. The monoisotopic (exact) mass is 223 g/mol. The number of ether oxygens (including phenoxy) is 1. The van der Waals surface area contributed by atoms with E-state index < -0.39 is 19.4 Å². The smallest absolute Gasteiger partial charge is 0.330 e. The van der Waals surface area contributed by atoms with Gasteiger partial charge in [-0.05, 0) is 13.8 Å². The molecule has 0 saturated heterocycles. The van der Waals surface area contributed by atoms with Crippen LogP contribution in [0.25, 0.3) is 0 Å². The topological polar surface area (TPSA) is 95.9 Å². The highest BCUT2D eigenvalue weighted by atomic mass is 31.2. The Morgan fingerprint density at radius 1 is 1.71 bits per heavy atom. The van der Waals surface area contributed by atoms with Crippen molar-refractivity contribution in [3.05, 3.63) is 12.7 Å². The van der Waals surface area contributed by atoms with Crippen molar-refractivity contribution in [1.29, 1.82) is 0 Å². The van der Waals surface area contributed by atoms with Crippen LogP contribution in [0.2, 0.25) is 0 Å². The molecule has 0 aromatic rings. The minimum absolute atomic E-state index is 0.301. The Bertz CT molecular complexity index is 265. The van der Waals surface area contributed by atoms with Crippen LogP contribution in [0.4, 0.5) is 0 Å². The molecule has 82 valence electrons. The van der Waals surface area contributed by atoms with Gasteiger partial charge in [0.05, 0.1) is 0 Å². The van der Waals surface area contributed by atoms with Crippen LogP contribution in [0, 0.1) is 0 Å².